The summed E-state index contributed by atoms with van der Waals surface area (Å²) in [6.07, 6.45) is 2.36. The molecular weight excluding hydrogens is 928 g/mol. The molecule has 0 fully saturated rings. The van der Waals surface area contributed by atoms with E-state index in [1.807, 2.05) is 11.3 Å². The molecule has 9 aromatic carbocycles. The maximum atomic E-state index is 7.31. The Labute approximate surface area is 446 Å². The van der Waals surface area contributed by atoms with Crippen LogP contribution < -0.4 is 20.6 Å². The van der Waals surface area contributed by atoms with Crippen LogP contribution in [0.25, 0.3) is 75.5 Å². The van der Waals surface area contributed by atoms with Gasteiger partial charge in [-0.15, -0.1) is 11.3 Å². The van der Waals surface area contributed by atoms with Crippen molar-refractivity contribution in [1.82, 2.24) is 0 Å². The zero-order valence-corrected chi connectivity index (χ0v) is 45.8. The number of fused-ring (bicyclic) bond motifs is 12. The molecule has 0 saturated carbocycles. The molecule has 2 aromatic heterocycles. The number of hydrogen-bond donors (Lipinski definition) is 0. The van der Waals surface area contributed by atoms with Gasteiger partial charge < -0.3 is 14.1 Å². The van der Waals surface area contributed by atoms with Crippen LogP contribution in [0.1, 0.15) is 104 Å². The third kappa shape index (κ3) is 7.06. The Morgan fingerprint density at radius 1 is 0.480 bits per heavy atom. The van der Waals surface area contributed by atoms with E-state index in [4.69, 9.17) is 4.42 Å². The van der Waals surface area contributed by atoms with Crippen molar-refractivity contribution in [3.63, 3.8) is 0 Å². The molecule has 2 aliphatic heterocycles. The molecule has 11 aromatic rings. The Morgan fingerprint density at radius 3 is 1.76 bits per heavy atom. The summed E-state index contributed by atoms with van der Waals surface area (Å²) in [5.41, 5.74) is 23.1. The van der Waals surface area contributed by atoms with Crippen LogP contribution in [0, 0.1) is 0 Å². The fourth-order valence-electron chi connectivity index (χ4n) is 13.0. The van der Waals surface area contributed by atoms with Crippen molar-refractivity contribution in [3.8, 4) is 33.4 Å². The molecule has 0 N–H and O–H groups in total. The number of rotatable bonds is 4. The average molecular weight is 991 g/mol. The molecule has 1 aliphatic carbocycles. The van der Waals surface area contributed by atoms with E-state index in [-0.39, 0.29) is 28.5 Å². The summed E-state index contributed by atoms with van der Waals surface area (Å²) in [5, 5.41) is 4.91. The molecule has 5 heteroatoms. The Hall–Kier alpha value is -7.34. The lowest BCUT2D eigenvalue weighted by molar-refractivity contribution is 0.332. The van der Waals surface area contributed by atoms with Crippen molar-refractivity contribution in [2.45, 2.75) is 104 Å². The van der Waals surface area contributed by atoms with Crippen molar-refractivity contribution in [1.29, 1.82) is 0 Å². The summed E-state index contributed by atoms with van der Waals surface area (Å²) in [6, 6.07) is 67.1. The van der Waals surface area contributed by atoms with Gasteiger partial charge in [-0.05, 0) is 151 Å². The van der Waals surface area contributed by atoms with Crippen LogP contribution in [0.2, 0.25) is 0 Å². The Balaban J connectivity index is 1.14. The standard InChI is InChI=1S/C70H63BN2OS/c1-67(2,3)45-27-31-57(49(35-45)44-21-15-12-16-22-44)72-58-32-28-46(68(4,5)6)36-56(58)71-65-60(72)39-52-48-23-17-18-24-61(48)74-66(52)64(65)53-37-50-51-38-54-55(70(9,10)34-33-69(54,7)8)40-62(51)75-63(50)41-59(53)73(71)47-29-25-43(26-30-47)42-19-13-11-14-20-42/h11-32,35-41H,33-34H2,1-10H3. The number of anilines is 5. The molecule has 75 heavy (non-hydrogen) atoms. The van der Waals surface area contributed by atoms with E-state index in [9.17, 15) is 0 Å². The van der Waals surface area contributed by atoms with Crippen molar-refractivity contribution >= 4 is 99.7 Å². The maximum absolute atomic E-state index is 7.31. The highest BCUT2D eigenvalue weighted by atomic mass is 32.1. The second kappa shape index (κ2) is 16.1. The van der Waals surface area contributed by atoms with Crippen molar-refractivity contribution in [2.75, 3.05) is 9.71 Å². The SMILES string of the molecule is CC(C)(C)c1ccc2c(c1)B1c3c(cc4c(oc5ccccc54)c3-c3cc4c(cc3N1c1ccc(-c3ccccc3)cc1)sc1cc3c(cc14)C(C)(C)CCC3(C)C)N2c1ccc(C(C)(C)C)cc1-c1ccccc1. The van der Waals surface area contributed by atoms with Gasteiger partial charge in [-0.2, -0.15) is 0 Å². The van der Waals surface area contributed by atoms with Gasteiger partial charge in [0.25, 0.3) is 0 Å². The topological polar surface area (TPSA) is 19.6 Å². The first-order chi connectivity index (χ1) is 35.9. The van der Waals surface area contributed by atoms with E-state index in [0.29, 0.717) is 0 Å². The zero-order valence-electron chi connectivity index (χ0n) is 44.9. The van der Waals surface area contributed by atoms with Gasteiger partial charge in [-0.3, -0.25) is 0 Å². The van der Waals surface area contributed by atoms with E-state index in [1.165, 1.54) is 117 Å². The number of furan rings is 1. The molecule has 0 radical (unpaired) electrons. The smallest absolute Gasteiger partial charge is 0.333 e. The molecule has 14 rings (SSSR count). The van der Waals surface area contributed by atoms with E-state index >= 15 is 0 Å². The third-order valence-electron chi connectivity index (χ3n) is 17.4. The largest absolute Gasteiger partial charge is 0.455 e. The van der Waals surface area contributed by atoms with Gasteiger partial charge >= 0.3 is 6.85 Å². The monoisotopic (exact) mass is 990 g/mol. The summed E-state index contributed by atoms with van der Waals surface area (Å²) in [7, 11) is 0. The van der Waals surface area contributed by atoms with E-state index in [0.717, 1.165) is 33.3 Å². The van der Waals surface area contributed by atoms with Crippen molar-refractivity contribution in [3.05, 3.63) is 198 Å². The molecule has 0 atom stereocenters. The first kappa shape index (κ1) is 46.2. The van der Waals surface area contributed by atoms with Gasteiger partial charge in [0.1, 0.15) is 11.2 Å². The number of thiophene rings is 1. The highest BCUT2D eigenvalue weighted by Crippen LogP contribution is 2.55. The average Bonchev–Trinajstić information content (AvgIpc) is 4.05. The van der Waals surface area contributed by atoms with E-state index < -0.39 is 0 Å². The number of benzene rings is 9. The summed E-state index contributed by atoms with van der Waals surface area (Å²) in [4.78, 5) is 5.30. The first-order valence-corrected chi connectivity index (χ1v) is 27.9. The van der Waals surface area contributed by atoms with Crippen molar-refractivity contribution < 1.29 is 4.42 Å². The van der Waals surface area contributed by atoms with E-state index in [1.54, 1.807) is 0 Å². The second-order valence-corrected chi connectivity index (χ2v) is 26.3. The number of hydrogen-bond acceptors (Lipinski definition) is 4. The molecule has 368 valence electrons. The summed E-state index contributed by atoms with van der Waals surface area (Å²) < 4.78 is 9.97. The minimum atomic E-state index is -0.203. The van der Waals surface area contributed by atoms with Gasteiger partial charge in [0.05, 0.1) is 5.69 Å². The Kier molecular flexibility index (Phi) is 9.91. The van der Waals surface area contributed by atoms with Crippen LogP contribution in [0.5, 0.6) is 0 Å². The summed E-state index contributed by atoms with van der Waals surface area (Å²) in [5.74, 6) is 0. The van der Waals surface area contributed by atoms with E-state index in [2.05, 4.69) is 255 Å². The highest BCUT2D eigenvalue weighted by Gasteiger charge is 2.48. The molecule has 3 aliphatic rings. The number of para-hydroxylation sites is 1. The molecule has 4 heterocycles. The minimum Gasteiger partial charge on any atom is -0.455 e. The molecule has 0 amide bonds. The lowest BCUT2D eigenvalue weighted by Crippen LogP contribution is -2.61. The zero-order chi connectivity index (χ0) is 51.5. The van der Waals surface area contributed by atoms with Crippen LogP contribution in [0.3, 0.4) is 0 Å². The summed E-state index contributed by atoms with van der Waals surface area (Å²) >= 11 is 1.95. The molecule has 0 bridgehead atoms. The fraction of sp³-hybridized carbons (Fsp3) is 0.229. The highest BCUT2D eigenvalue weighted by molar-refractivity contribution is 7.26. The van der Waals surface area contributed by atoms with Gasteiger partial charge in [0.15, 0.2) is 0 Å². The predicted octanol–water partition coefficient (Wildman–Crippen LogP) is 18.9. The van der Waals surface area contributed by atoms with Gasteiger partial charge in [-0.25, -0.2) is 0 Å². The van der Waals surface area contributed by atoms with Crippen LogP contribution in [-0.4, -0.2) is 6.85 Å². The van der Waals surface area contributed by atoms with Crippen LogP contribution in [0.4, 0.5) is 28.4 Å². The Morgan fingerprint density at radius 2 is 1.07 bits per heavy atom. The lowest BCUT2D eigenvalue weighted by atomic mass is 9.43. The maximum Gasteiger partial charge on any atom is 0.333 e. The third-order valence-corrected chi connectivity index (χ3v) is 18.5. The first-order valence-electron chi connectivity index (χ1n) is 27.1. The van der Waals surface area contributed by atoms with Gasteiger partial charge in [0.2, 0.25) is 0 Å². The fourth-order valence-corrected chi connectivity index (χ4v) is 14.2. The van der Waals surface area contributed by atoms with Crippen LogP contribution in [-0.2, 0) is 21.7 Å². The second-order valence-electron chi connectivity index (χ2n) is 25.2. The predicted molar refractivity (Wildman–Crippen MR) is 324 cm³/mol. The molecule has 0 spiro atoms. The minimum absolute atomic E-state index is 0.0505. The van der Waals surface area contributed by atoms with Crippen LogP contribution >= 0.6 is 11.3 Å². The van der Waals surface area contributed by atoms with Crippen molar-refractivity contribution in [2.24, 2.45) is 0 Å². The number of nitrogens with zero attached hydrogens (tertiary/aromatic N) is 2. The normalized spacial score (nSPS) is 15.6. The molecule has 3 nitrogen and oxygen atoms in total. The summed E-state index contributed by atoms with van der Waals surface area (Å²) in [6.45, 7) is 23.6. The quantitative estimate of drug-likeness (QED) is 0.164. The van der Waals surface area contributed by atoms with Gasteiger partial charge in [-0.1, -0.05) is 178 Å². The Bertz CT molecular complexity index is 4150. The lowest BCUT2D eigenvalue weighted by Gasteiger charge is -2.46. The molecule has 0 saturated heterocycles. The van der Waals surface area contributed by atoms with Gasteiger partial charge in [0, 0.05) is 70.4 Å². The molecular formula is C70H63BN2OS. The van der Waals surface area contributed by atoms with Crippen LogP contribution in [0.15, 0.2) is 180 Å². The molecule has 0 unspecified atom stereocenters.